The van der Waals surface area contributed by atoms with E-state index in [0.29, 0.717) is 5.92 Å². The SMILES string of the molecule is CN1CC2CC1CCC2O. The molecule has 1 N–H and O–H groups in total. The van der Waals surface area contributed by atoms with E-state index in [1.165, 1.54) is 12.8 Å². The van der Waals surface area contributed by atoms with Crippen LogP contribution in [0.2, 0.25) is 0 Å². The molecule has 0 amide bonds. The molecule has 2 nitrogen and oxygen atoms in total. The van der Waals surface area contributed by atoms with Gasteiger partial charge in [-0.15, -0.1) is 0 Å². The van der Waals surface area contributed by atoms with Crippen molar-refractivity contribution in [3.05, 3.63) is 0 Å². The molecule has 58 valence electrons. The van der Waals surface area contributed by atoms with Crippen LogP contribution in [-0.4, -0.2) is 35.7 Å². The first kappa shape index (κ1) is 6.62. The predicted molar refractivity (Wildman–Crippen MR) is 39.8 cm³/mol. The number of hydrogen-bond acceptors (Lipinski definition) is 2. The first-order valence-electron chi connectivity index (χ1n) is 4.15. The quantitative estimate of drug-likeness (QED) is 0.530. The number of hydrogen-bond donors (Lipinski definition) is 1. The monoisotopic (exact) mass is 141 g/mol. The Bertz CT molecular complexity index is 135. The van der Waals surface area contributed by atoms with Gasteiger partial charge in [0.05, 0.1) is 6.10 Å². The molecule has 1 aliphatic carbocycles. The van der Waals surface area contributed by atoms with Gasteiger partial charge >= 0.3 is 0 Å². The van der Waals surface area contributed by atoms with Crippen LogP contribution in [-0.2, 0) is 0 Å². The maximum atomic E-state index is 9.49. The molecule has 2 fully saturated rings. The number of aliphatic hydroxyl groups excluding tert-OH is 1. The van der Waals surface area contributed by atoms with Gasteiger partial charge < -0.3 is 10.0 Å². The topological polar surface area (TPSA) is 23.5 Å². The minimum absolute atomic E-state index is 0.00111. The van der Waals surface area contributed by atoms with E-state index in [2.05, 4.69) is 11.9 Å². The Morgan fingerprint density at radius 3 is 2.90 bits per heavy atom. The first-order chi connectivity index (χ1) is 4.77. The maximum Gasteiger partial charge on any atom is 0.0581 e. The molecule has 0 radical (unpaired) electrons. The molecule has 0 aromatic rings. The smallest absolute Gasteiger partial charge is 0.0581 e. The molecule has 3 unspecified atom stereocenters. The minimum Gasteiger partial charge on any atom is -0.393 e. The number of likely N-dealkylation sites (tertiary alicyclic amines) is 1. The van der Waals surface area contributed by atoms with Gasteiger partial charge in [-0.25, -0.2) is 0 Å². The van der Waals surface area contributed by atoms with Crippen LogP contribution in [0.3, 0.4) is 0 Å². The van der Waals surface area contributed by atoms with E-state index in [1.807, 2.05) is 0 Å². The van der Waals surface area contributed by atoms with E-state index in [4.69, 9.17) is 0 Å². The molecule has 0 aromatic heterocycles. The summed E-state index contributed by atoms with van der Waals surface area (Å²) in [4.78, 5) is 2.39. The standard InChI is InChI=1S/C8H15NO/c1-9-5-6-4-7(9)2-3-8(6)10/h6-8,10H,2-5H2,1H3. The maximum absolute atomic E-state index is 9.49. The average Bonchev–Trinajstić information content (AvgIpc) is 2.21. The Labute approximate surface area is 61.8 Å². The van der Waals surface area contributed by atoms with Crippen molar-refractivity contribution in [1.29, 1.82) is 0 Å². The van der Waals surface area contributed by atoms with E-state index in [9.17, 15) is 5.11 Å². The lowest BCUT2D eigenvalue weighted by Gasteiger charge is -2.23. The van der Waals surface area contributed by atoms with Crippen LogP contribution in [0.1, 0.15) is 19.3 Å². The van der Waals surface area contributed by atoms with Gasteiger partial charge in [-0.2, -0.15) is 0 Å². The Morgan fingerprint density at radius 2 is 2.20 bits per heavy atom. The molecule has 3 atom stereocenters. The van der Waals surface area contributed by atoms with E-state index in [1.54, 1.807) is 0 Å². The van der Waals surface area contributed by atoms with E-state index in [0.717, 1.165) is 19.0 Å². The molecule has 1 saturated heterocycles. The highest BCUT2D eigenvalue weighted by Crippen LogP contribution is 2.34. The van der Waals surface area contributed by atoms with Crippen LogP contribution in [0, 0.1) is 5.92 Å². The van der Waals surface area contributed by atoms with Crippen LogP contribution in [0.25, 0.3) is 0 Å². The van der Waals surface area contributed by atoms with Crippen molar-refractivity contribution in [2.45, 2.75) is 31.4 Å². The fourth-order valence-electron chi connectivity index (χ4n) is 2.34. The van der Waals surface area contributed by atoms with Crippen molar-refractivity contribution in [2.75, 3.05) is 13.6 Å². The van der Waals surface area contributed by atoms with Gasteiger partial charge in [0.2, 0.25) is 0 Å². The molecule has 0 spiro atoms. The van der Waals surface area contributed by atoms with Crippen molar-refractivity contribution in [1.82, 2.24) is 4.90 Å². The van der Waals surface area contributed by atoms with Crippen molar-refractivity contribution in [3.63, 3.8) is 0 Å². The molecule has 1 saturated carbocycles. The third kappa shape index (κ3) is 0.867. The van der Waals surface area contributed by atoms with E-state index in [-0.39, 0.29) is 6.10 Å². The molecule has 0 aromatic carbocycles. The third-order valence-electron chi connectivity index (χ3n) is 3.06. The number of nitrogens with zero attached hydrogens (tertiary/aromatic N) is 1. The minimum atomic E-state index is 0.00111. The highest BCUT2D eigenvalue weighted by Gasteiger charge is 2.37. The van der Waals surface area contributed by atoms with Gasteiger partial charge in [0.15, 0.2) is 0 Å². The lowest BCUT2D eigenvalue weighted by molar-refractivity contribution is 0.0894. The number of aliphatic hydroxyl groups is 1. The first-order valence-corrected chi connectivity index (χ1v) is 4.15. The summed E-state index contributed by atoms with van der Waals surface area (Å²) < 4.78 is 0. The molecular weight excluding hydrogens is 126 g/mol. The van der Waals surface area contributed by atoms with Crippen molar-refractivity contribution in [3.8, 4) is 0 Å². The zero-order valence-corrected chi connectivity index (χ0v) is 6.45. The lowest BCUT2D eigenvalue weighted by Crippen LogP contribution is -2.26. The van der Waals surface area contributed by atoms with Gasteiger partial charge in [0.25, 0.3) is 0 Å². The molecule has 1 aliphatic heterocycles. The summed E-state index contributed by atoms with van der Waals surface area (Å²) in [6, 6.07) is 0.786. The summed E-state index contributed by atoms with van der Waals surface area (Å²) in [6.07, 6.45) is 3.46. The van der Waals surface area contributed by atoms with Gasteiger partial charge in [-0.05, 0) is 32.2 Å². The molecule has 10 heavy (non-hydrogen) atoms. The van der Waals surface area contributed by atoms with Crippen LogP contribution in [0.4, 0.5) is 0 Å². The average molecular weight is 141 g/mol. The van der Waals surface area contributed by atoms with Crippen LogP contribution < -0.4 is 0 Å². The lowest BCUT2D eigenvalue weighted by atomic mass is 9.88. The zero-order chi connectivity index (χ0) is 7.14. The summed E-state index contributed by atoms with van der Waals surface area (Å²) >= 11 is 0. The van der Waals surface area contributed by atoms with Crippen LogP contribution in [0.5, 0.6) is 0 Å². The highest BCUT2D eigenvalue weighted by molar-refractivity contribution is 4.91. The number of rotatable bonds is 0. The second-order valence-corrected chi connectivity index (χ2v) is 3.73. The summed E-state index contributed by atoms with van der Waals surface area (Å²) in [5.74, 6) is 0.587. The second-order valence-electron chi connectivity index (χ2n) is 3.73. The molecule has 2 heteroatoms. The van der Waals surface area contributed by atoms with Crippen molar-refractivity contribution in [2.24, 2.45) is 5.92 Å². The third-order valence-corrected chi connectivity index (χ3v) is 3.06. The van der Waals surface area contributed by atoms with Gasteiger partial charge in [0, 0.05) is 12.6 Å². The van der Waals surface area contributed by atoms with Gasteiger partial charge in [-0.1, -0.05) is 0 Å². The van der Waals surface area contributed by atoms with Gasteiger partial charge in [-0.3, -0.25) is 0 Å². The summed E-state index contributed by atoms with van der Waals surface area (Å²) in [7, 11) is 2.17. The summed E-state index contributed by atoms with van der Waals surface area (Å²) in [6.45, 7) is 1.12. The summed E-state index contributed by atoms with van der Waals surface area (Å²) in [5.41, 5.74) is 0. The molecular formula is C8H15NO. The van der Waals surface area contributed by atoms with Crippen LogP contribution in [0.15, 0.2) is 0 Å². The normalized spacial score (nSPS) is 48.0. The van der Waals surface area contributed by atoms with E-state index >= 15 is 0 Å². The Balaban J connectivity index is 2.08. The molecule has 2 aliphatic rings. The molecule has 2 bridgehead atoms. The summed E-state index contributed by atoms with van der Waals surface area (Å²) in [5, 5.41) is 9.49. The van der Waals surface area contributed by atoms with Gasteiger partial charge in [0.1, 0.15) is 0 Å². The Morgan fingerprint density at radius 1 is 1.40 bits per heavy atom. The highest BCUT2D eigenvalue weighted by atomic mass is 16.3. The fraction of sp³-hybridized carbons (Fsp3) is 1.00. The second kappa shape index (κ2) is 2.21. The Hall–Kier alpha value is -0.0800. The molecule has 2 rings (SSSR count). The van der Waals surface area contributed by atoms with Crippen molar-refractivity contribution >= 4 is 0 Å². The zero-order valence-electron chi connectivity index (χ0n) is 6.45. The largest absolute Gasteiger partial charge is 0.393 e. The van der Waals surface area contributed by atoms with E-state index < -0.39 is 0 Å². The van der Waals surface area contributed by atoms with Crippen LogP contribution >= 0.6 is 0 Å². The Kier molecular flexibility index (Phi) is 1.46. The fourth-order valence-corrected chi connectivity index (χ4v) is 2.34. The van der Waals surface area contributed by atoms with Crippen molar-refractivity contribution < 1.29 is 5.11 Å². The number of fused-ring (bicyclic) bond motifs is 2. The molecule has 1 heterocycles. The predicted octanol–water partition coefficient (Wildman–Crippen LogP) is 0.461.